The Morgan fingerprint density at radius 2 is 1.86 bits per heavy atom. The lowest BCUT2D eigenvalue weighted by atomic mass is 10.2. The van der Waals surface area contributed by atoms with Crippen molar-refractivity contribution in [3.63, 3.8) is 0 Å². The fourth-order valence-electron chi connectivity index (χ4n) is 3.42. The number of hydrogen-bond acceptors (Lipinski definition) is 3. The molecule has 5 rings (SSSR count). The number of benzene rings is 2. The topological polar surface area (TPSA) is 52.7 Å². The van der Waals surface area contributed by atoms with E-state index in [2.05, 4.69) is 10.2 Å². The highest BCUT2D eigenvalue weighted by atomic mass is 35.5. The summed E-state index contributed by atoms with van der Waals surface area (Å²) in [7, 11) is 0. The van der Waals surface area contributed by atoms with Gasteiger partial charge in [0.25, 0.3) is 5.56 Å². The summed E-state index contributed by atoms with van der Waals surface area (Å²) in [5.41, 5.74) is 2.55. The van der Waals surface area contributed by atoms with E-state index < -0.39 is 0 Å². The third kappa shape index (κ3) is 2.90. The van der Waals surface area contributed by atoms with Crippen molar-refractivity contribution in [3.8, 4) is 5.69 Å². The molecule has 1 aliphatic carbocycles. The average molecular weight is 395 g/mol. The maximum atomic E-state index is 13.3. The third-order valence-corrected chi connectivity index (χ3v) is 5.39. The molecule has 0 aliphatic heterocycles. The van der Waals surface area contributed by atoms with Crippen molar-refractivity contribution >= 4 is 22.5 Å². The Labute approximate surface area is 165 Å². The number of hydrogen-bond donors (Lipinski definition) is 0. The van der Waals surface area contributed by atoms with E-state index in [1.165, 1.54) is 16.8 Å². The Kier molecular flexibility index (Phi) is 4.02. The fraction of sp³-hybridized carbons (Fsp3) is 0.190. The molecule has 140 valence electrons. The molecule has 0 amide bonds. The molecule has 5 nitrogen and oxygen atoms in total. The van der Waals surface area contributed by atoms with Crippen LogP contribution in [0.4, 0.5) is 4.39 Å². The van der Waals surface area contributed by atoms with Crippen LogP contribution in [0.2, 0.25) is 5.02 Å². The minimum Gasteiger partial charge on any atom is -0.265 e. The molecule has 0 atom stereocenters. The Balaban J connectivity index is 1.72. The van der Waals surface area contributed by atoms with Gasteiger partial charge in [0.05, 0.1) is 24.1 Å². The lowest BCUT2D eigenvalue weighted by Crippen LogP contribution is -2.26. The fourth-order valence-corrected chi connectivity index (χ4v) is 3.62. The Morgan fingerprint density at radius 1 is 1.11 bits per heavy atom. The second-order valence-corrected chi connectivity index (χ2v) is 7.42. The van der Waals surface area contributed by atoms with Gasteiger partial charge in [-0.2, -0.15) is 10.2 Å². The molecule has 0 radical (unpaired) electrons. The van der Waals surface area contributed by atoms with Crippen molar-refractivity contribution in [2.75, 3.05) is 0 Å². The van der Waals surface area contributed by atoms with Crippen LogP contribution in [-0.2, 0) is 6.54 Å². The molecule has 0 unspecified atom stereocenters. The molecule has 0 bridgehead atoms. The van der Waals surface area contributed by atoms with Crippen molar-refractivity contribution in [1.82, 2.24) is 19.6 Å². The standard InChI is InChI=1S/C21H16ClFN4O/c22-18-4-2-1-3-14(18)12-26-21(28)20-17(19(25-26)13-5-6-13)11-24-27(20)16-9-7-15(23)8-10-16/h1-4,7-11,13H,5-6,12H2. The number of rotatable bonds is 4. The van der Waals surface area contributed by atoms with Gasteiger partial charge in [-0.15, -0.1) is 0 Å². The number of nitrogens with zero attached hydrogens (tertiary/aromatic N) is 4. The molecule has 7 heteroatoms. The highest BCUT2D eigenvalue weighted by molar-refractivity contribution is 6.31. The molecule has 0 saturated heterocycles. The van der Waals surface area contributed by atoms with E-state index in [4.69, 9.17) is 11.6 Å². The zero-order valence-corrected chi connectivity index (χ0v) is 15.6. The van der Waals surface area contributed by atoms with Crippen LogP contribution in [0.25, 0.3) is 16.6 Å². The van der Waals surface area contributed by atoms with Gasteiger partial charge in [0.15, 0.2) is 0 Å². The maximum absolute atomic E-state index is 13.3. The molecule has 2 heterocycles. The van der Waals surface area contributed by atoms with Crippen LogP contribution in [0.15, 0.2) is 59.5 Å². The normalized spacial score (nSPS) is 13.9. The second kappa shape index (κ2) is 6.56. The molecule has 2 aromatic heterocycles. The highest BCUT2D eigenvalue weighted by Gasteiger charge is 2.30. The van der Waals surface area contributed by atoms with Crippen molar-refractivity contribution in [2.45, 2.75) is 25.3 Å². The summed E-state index contributed by atoms with van der Waals surface area (Å²) < 4.78 is 16.3. The van der Waals surface area contributed by atoms with Gasteiger partial charge >= 0.3 is 0 Å². The first-order chi connectivity index (χ1) is 13.6. The van der Waals surface area contributed by atoms with Crippen LogP contribution >= 0.6 is 11.6 Å². The second-order valence-electron chi connectivity index (χ2n) is 7.01. The maximum Gasteiger partial charge on any atom is 0.293 e. The number of fused-ring (bicyclic) bond motifs is 1. The van der Waals surface area contributed by atoms with Crippen LogP contribution in [-0.4, -0.2) is 19.6 Å². The molecular formula is C21H16ClFN4O. The van der Waals surface area contributed by atoms with Gasteiger partial charge in [-0.3, -0.25) is 4.79 Å². The minimum absolute atomic E-state index is 0.249. The lowest BCUT2D eigenvalue weighted by molar-refractivity contribution is 0.624. The van der Waals surface area contributed by atoms with Crippen molar-refractivity contribution in [3.05, 3.63) is 87.2 Å². The molecule has 0 N–H and O–H groups in total. The summed E-state index contributed by atoms with van der Waals surface area (Å²) >= 11 is 6.28. The monoisotopic (exact) mass is 394 g/mol. The minimum atomic E-state index is -0.336. The van der Waals surface area contributed by atoms with Crippen LogP contribution in [0.5, 0.6) is 0 Å². The first-order valence-corrected chi connectivity index (χ1v) is 9.48. The quantitative estimate of drug-likeness (QED) is 0.518. The Hall–Kier alpha value is -2.99. The van der Waals surface area contributed by atoms with Crippen molar-refractivity contribution in [1.29, 1.82) is 0 Å². The van der Waals surface area contributed by atoms with Crippen LogP contribution in [0, 0.1) is 5.82 Å². The zero-order valence-electron chi connectivity index (χ0n) is 14.8. The molecule has 2 aromatic carbocycles. The molecular weight excluding hydrogens is 379 g/mol. The predicted molar refractivity (Wildman–Crippen MR) is 106 cm³/mol. The SMILES string of the molecule is O=c1c2c(cnn2-c2ccc(F)cc2)c(C2CC2)nn1Cc1ccccc1Cl. The van der Waals surface area contributed by atoms with E-state index in [9.17, 15) is 9.18 Å². The summed E-state index contributed by atoms with van der Waals surface area (Å²) in [6.45, 7) is 0.281. The van der Waals surface area contributed by atoms with Crippen molar-refractivity contribution in [2.24, 2.45) is 0 Å². The Bertz CT molecular complexity index is 1240. The number of halogens is 2. The molecule has 1 fully saturated rings. The zero-order chi connectivity index (χ0) is 19.3. The van der Waals surface area contributed by atoms with Gasteiger partial charge < -0.3 is 0 Å². The van der Waals surface area contributed by atoms with Crippen molar-refractivity contribution < 1.29 is 4.39 Å². The molecule has 28 heavy (non-hydrogen) atoms. The molecule has 1 saturated carbocycles. The highest BCUT2D eigenvalue weighted by Crippen LogP contribution is 2.41. The van der Waals surface area contributed by atoms with Gasteiger partial charge in [-0.05, 0) is 48.7 Å². The van der Waals surface area contributed by atoms with Crippen LogP contribution in [0.1, 0.15) is 30.0 Å². The largest absolute Gasteiger partial charge is 0.293 e. The summed E-state index contributed by atoms with van der Waals surface area (Å²) in [4.78, 5) is 13.3. The molecule has 4 aromatic rings. The number of aromatic nitrogens is 4. The smallest absolute Gasteiger partial charge is 0.265 e. The van der Waals surface area contributed by atoms with Crippen LogP contribution < -0.4 is 5.56 Å². The Morgan fingerprint density at radius 3 is 2.57 bits per heavy atom. The lowest BCUT2D eigenvalue weighted by Gasteiger charge is -2.11. The molecule has 0 spiro atoms. The summed E-state index contributed by atoms with van der Waals surface area (Å²) in [5, 5.41) is 10.4. The van der Waals surface area contributed by atoms with E-state index >= 15 is 0 Å². The van der Waals surface area contributed by atoms with E-state index in [-0.39, 0.29) is 17.9 Å². The van der Waals surface area contributed by atoms with Crippen LogP contribution in [0.3, 0.4) is 0 Å². The summed E-state index contributed by atoms with van der Waals surface area (Å²) in [6, 6.07) is 13.3. The predicted octanol–water partition coefficient (Wildman–Crippen LogP) is 4.30. The summed E-state index contributed by atoms with van der Waals surface area (Å²) in [5.74, 6) is 0.00291. The van der Waals surface area contributed by atoms with Gasteiger partial charge in [0, 0.05) is 16.3 Å². The average Bonchev–Trinajstić information content (AvgIpc) is 3.44. The third-order valence-electron chi connectivity index (χ3n) is 5.02. The first-order valence-electron chi connectivity index (χ1n) is 9.10. The van der Waals surface area contributed by atoms with Gasteiger partial charge in [0.1, 0.15) is 11.3 Å². The van der Waals surface area contributed by atoms with Gasteiger partial charge in [-0.25, -0.2) is 13.8 Å². The van der Waals surface area contributed by atoms with E-state index in [0.29, 0.717) is 22.1 Å². The van der Waals surface area contributed by atoms with Gasteiger partial charge in [-0.1, -0.05) is 29.8 Å². The summed E-state index contributed by atoms with van der Waals surface area (Å²) in [6.07, 6.45) is 3.78. The molecule has 1 aliphatic rings. The first kappa shape index (κ1) is 17.1. The van der Waals surface area contributed by atoms with Gasteiger partial charge in [0.2, 0.25) is 0 Å². The van der Waals surface area contributed by atoms with E-state index in [0.717, 1.165) is 29.5 Å². The van der Waals surface area contributed by atoms with E-state index in [1.807, 2.05) is 18.2 Å². The van der Waals surface area contributed by atoms with E-state index in [1.54, 1.807) is 29.1 Å².